The van der Waals surface area contributed by atoms with E-state index < -0.39 is 0 Å². The average Bonchev–Trinajstić information content (AvgIpc) is 2.42. The molecule has 1 heterocycles. The molecule has 1 aliphatic heterocycles. The predicted molar refractivity (Wildman–Crippen MR) is 71.0 cm³/mol. The highest BCUT2D eigenvalue weighted by Gasteiger charge is 2.26. The second-order valence-electron chi connectivity index (χ2n) is 4.18. The molecule has 1 saturated heterocycles. The van der Waals surface area contributed by atoms with Gasteiger partial charge >= 0.3 is 0 Å². The van der Waals surface area contributed by atoms with Gasteiger partial charge in [-0.3, -0.25) is 0 Å². The van der Waals surface area contributed by atoms with Gasteiger partial charge in [-0.1, -0.05) is 6.07 Å². The summed E-state index contributed by atoms with van der Waals surface area (Å²) in [6, 6.07) is 3.30. The Bertz CT molecular complexity index is 431. The van der Waals surface area contributed by atoms with E-state index in [1.54, 1.807) is 12.1 Å². The van der Waals surface area contributed by atoms with Gasteiger partial charge in [-0.25, -0.2) is 4.39 Å². The number of benzene rings is 1. The minimum absolute atomic E-state index is 0.0598. The Labute approximate surface area is 114 Å². The van der Waals surface area contributed by atoms with Crippen LogP contribution in [-0.2, 0) is 11.3 Å². The zero-order chi connectivity index (χ0) is 13.1. The van der Waals surface area contributed by atoms with E-state index in [0.29, 0.717) is 29.9 Å². The third-order valence-corrected chi connectivity index (χ3v) is 3.97. The first-order chi connectivity index (χ1) is 8.69. The van der Waals surface area contributed by atoms with Gasteiger partial charge in [0.2, 0.25) is 0 Å². The molecule has 1 fully saturated rings. The minimum Gasteiger partial charge on any atom is -0.394 e. The lowest BCUT2D eigenvalue weighted by molar-refractivity contribution is 0.0723. The Morgan fingerprint density at radius 2 is 2.33 bits per heavy atom. The first-order valence-corrected chi connectivity index (χ1v) is 6.60. The van der Waals surface area contributed by atoms with Crippen molar-refractivity contribution in [3.05, 3.63) is 28.0 Å². The van der Waals surface area contributed by atoms with E-state index in [1.807, 2.05) is 4.90 Å². The fourth-order valence-electron chi connectivity index (χ4n) is 2.08. The van der Waals surface area contributed by atoms with Crippen molar-refractivity contribution in [3.63, 3.8) is 0 Å². The molecule has 3 N–H and O–H groups in total. The summed E-state index contributed by atoms with van der Waals surface area (Å²) in [5, 5.41) is 9.31. The van der Waals surface area contributed by atoms with Gasteiger partial charge in [-0.2, -0.15) is 0 Å². The molecule has 0 bridgehead atoms. The number of hydrogen-bond donors (Lipinski definition) is 2. The van der Waals surface area contributed by atoms with Gasteiger partial charge < -0.3 is 20.5 Å². The molecule has 1 aromatic rings. The molecule has 0 saturated carbocycles. The number of morpholine rings is 1. The van der Waals surface area contributed by atoms with Gasteiger partial charge in [0.25, 0.3) is 0 Å². The summed E-state index contributed by atoms with van der Waals surface area (Å²) in [6.45, 7) is 1.73. The standard InChI is InChI=1S/C12H16BrFN2O2/c13-11-8(5-15)1-2-10(12(11)14)16-3-4-18-7-9(16)6-17/h1-2,9,17H,3-7,15H2. The number of aliphatic hydroxyl groups excluding tert-OH is 1. The van der Waals surface area contributed by atoms with Gasteiger partial charge in [-0.15, -0.1) is 0 Å². The van der Waals surface area contributed by atoms with Crippen LogP contribution in [0.3, 0.4) is 0 Å². The maximum atomic E-state index is 14.3. The van der Waals surface area contributed by atoms with E-state index in [2.05, 4.69) is 15.9 Å². The normalized spacial score (nSPS) is 20.2. The Morgan fingerprint density at radius 3 is 3.00 bits per heavy atom. The quantitative estimate of drug-likeness (QED) is 0.880. The summed E-state index contributed by atoms with van der Waals surface area (Å²) in [5.74, 6) is -0.335. The number of halogens is 2. The van der Waals surface area contributed by atoms with E-state index in [-0.39, 0.29) is 25.0 Å². The Morgan fingerprint density at radius 1 is 1.56 bits per heavy atom. The van der Waals surface area contributed by atoms with Crippen LogP contribution in [0.15, 0.2) is 16.6 Å². The van der Waals surface area contributed by atoms with Crippen molar-refractivity contribution < 1.29 is 14.2 Å². The maximum absolute atomic E-state index is 14.3. The van der Waals surface area contributed by atoms with Crippen molar-refractivity contribution in [1.29, 1.82) is 0 Å². The fraction of sp³-hybridized carbons (Fsp3) is 0.500. The highest BCUT2D eigenvalue weighted by Crippen LogP contribution is 2.31. The summed E-state index contributed by atoms with van der Waals surface area (Å²) in [5.41, 5.74) is 6.73. The minimum atomic E-state index is -0.335. The maximum Gasteiger partial charge on any atom is 0.160 e. The third-order valence-electron chi connectivity index (χ3n) is 3.11. The van der Waals surface area contributed by atoms with Crippen molar-refractivity contribution in [2.24, 2.45) is 5.73 Å². The number of nitrogens with zero attached hydrogens (tertiary/aromatic N) is 1. The number of anilines is 1. The molecule has 0 spiro atoms. The Hall–Kier alpha value is -0.690. The van der Waals surface area contributed by atoms with E-state index in [1.165, 1.54) is 0 Å². The molecular formula is C12H16BrFN2O2. The Kier molecular flexibility index (Phi) is 4.55. The summed E-state index contributed by atoms with van der Waals surface area (Å²) in [6.07, 6.45) is 0. The van der Waals surface area contributed by atoms with Gasteiger partial charge in [0, 0.05) is 13.1 Å². The van der Waals surface area contributed by atoms with Crippen LogP contribution in [0.2, 0.25) is 0 Å². The van der Waals surface area contributed by atoms with Gasteiger partial charge in [-0.05, 0) is 27.6 Å². The SMILES string of the molecule is NCc1ccc(N2CCOCC2CO)c(F)c1Br. The van der Waals surface area contributed by atoms with Crippen LogP contribution < -0.4 is 10.6 Å². The predicted octanol–water partition coefficient (Wildman–Crippen LogP) is 1.24. The second-order valence-corrected chi connectivity index (χ2v) is 4.97. The van der Waals surface area contributed by atoms with Crippen molar-refractivity contribution in [2.75, 3.05) is 31.3 Å². The summed E-state index contributed by atoms with van der Waals surface area (Å²) < 4.78 is 20.0. The number of rotatable bonds is 3. The molecular weight excluding hydrogens is 303 g/mol. The number of ether oxygens (including phenoxy) is 1. The van der Waals surface area contributed by atoms with Crippen LogP contribution >= 0.6 is 15.9 Å². The van der Waals surface area contributed by atoms with E-state index >= 15 is 0 Å². The zero-order valence-corrected chi connectivity index (χ0v) is 11.5. The van der Waals surface area contributed by atoms with Gasteiger partial charge in [0.1, 0.15) is 0 Å². The molecule has 6 heteroatoms. The lowest BCUT2D eigenvalue weighted by Crippen LogP contribution is -2.48. The zero-order valence-electron chi connectivity index (χ0n) is 9.90. The molecule has 2 rings (SSSR count). The molecule has 1 unspecified atom stereocenters. The molecule has 4 nitrogen and oxygen atoms in total. The third kappa shape index (κ3) is 2.51. The molecule has 0 radical (unpaired) electrons. The lowest BCUT2D eigenvalue weighted by Gasteiger charge is -2.36. The molecule has 0 aliphatic carbocycles. The fourth-order valence-corrected chi connectivity index (χ4v) is 2.58. The van der Waals surface area contributed by atoms with E-state index in [0.717, 1.165) is 5.56 Å². The molecule has 1 aliphatic rings. The van der Waals surface area contributed by atoms with Crippen molar-refractivity contribution in [3.8, 4) is 0 Å². The highest BCUT2D eigenvalue weighted by molar-refractivity contribution is 9.10. The highest BCUT2D eigenvalue weighted by atomic mass is 79.9. The summed E-state index contributed by atoms with van der Waals surface area (Å²) in [7, 11) is 0. The van der Waals surface area contributed by atoms with E-state index in [4.69, 9.17) is 10.5 Å². The second kappa shape index (κ2) is 5.97. The van der Waals surface area contributed by atoms with Crippen LogP contribution in [0.25, 0.3) is 0 Å². The van der Waals surface area contributed by atoms with Crippen molar-refractivity contribution >= 4 is 21.6 Å². The first kappa shape index (κ1) is 13.7. The van der Waals surface area contributed by atoms with Gasteiger partial charge in [0.05, 0.1) is 36.0 Å². The van der Waals surface area contributed by atoms with Crippen LogP contribution in [0, 0.1) is 5.82 Å². The molecule has 100 valence electrons. The molecule has 0 aromatic heterocycles. The van der Waals surface area contributed by atoms with Gasteiger partial charge in [0.15, 0.2) is 5.82 Å². The largest absolute Gasteiger partial charge is 0.394 e. The van der Waals surface area contributed by atoms with Crippen LogP contribution in [0.1, 0.15) is 5.56 Å². The lowest BCUT2D eigenvalue weighted by atomic mass is 10.1. The number of hydrogen-bond acceptors (Lipinski definition) is 4. The Balaban J connectivity index is 2.35. The number of aliphatic hydroxyl groups is 1. The molecule has 1 atom stereocenters. The average molecular weight is 319 g/mol. The van der Waals surface area contributed by atoms with Crippen LogP contribution in [0.5, 0.6) is 0 Å². The van der Waals surface area contributed by atoms with E-state index in [9.17, 15) is 9.50 Å². The first-order valence-electron chi connectivity index (χ1n) is 5.81. The topological polar surface area (TPSA) is 58.7 Å². The number of nitrogens with two attached hydrogens (primary N) is 1. The van der Waals surface area contributed by atoms with Crippen molar-refractivity contribution in [2.45, 2.75) is 12.6 Å². The molecule has 18 heavy (non-hydrogen) atoms. The smallest absolute Gasteiger partial charge is 0.160 e. The summed E-state index contributed by atoms with van der Waals surface area (Å²) in [4.78, 5) is 1.84. The molecule has 1 aromatic carbocycles. The molecule has 0 amide bonds. The van der Waals surface area contributed by atoms with Crippen LogP contribution in [0.4, 0.5) is 10.1 Å². The monoisotopic (exact) mass is 318 g/mol. The van der Waals surface area contributed by atoms with Crippen molar-refractivity contribution in [1.82, 2.24) is 0 Å². The van der Waals surface area contributed by atoms with Crippen LogP contribution in [-0.4, -0.2) is 37.5 Å². The summed E-state index contributed by atoms with van der Waals surface area (Å²) >= 11 is 3.22.